The third-order valence-corrected chi connectivity index (χ3v) is 2.43. The summed E-state index contributed by atoms with van der Waals surface area (Å²) in [6, 6.07) is 0. The van der Waals surface area contributed by atoms with Crippen LogP contribution >= 0.6 is 7.80 Å². The number of hydrogen-bond donors (Lipinski definition) is 2. The molecule has 0 aliphatic rings. The summed E-state index contributed by atoms with van der Waals surface area (Å²) in [5, 5.41) is 8.17. The fraction of sp³-hybridized carbons (Fsp3) is 0.800. The molecule has 10 heavy (non-hydrogen) atoms. The van der Waals surface area contributed by atoms with Crippen molar-refractivity contribution < 1.29 is 14.5 Å². The first kappa shape index (κ1) is 9.53. The minimum atomic E-state index is -1.37. The number of aliphatic carboxylic acids is 1. The monoisotopic (exact) mass is 164 g/mol. The van der Waals surface area contributed by atoms with Crippen molar-refractivity contribution in [1.82, 2.24) is 0 Å². The van der Waals surface area contributed by atoms with E-state index in [1.54, 1.807) is 0 Å². The molecule has 0 bridgehead atoms. The van der Waals surface area contributed by atoms with E-state index in [0.717, 1.165) is 0 Å². The van der Waals surface area contributed by atoms with Crippen molar-refractivity contribution in [1.29, 1.82) is 0 Å². The smallest absolute Gasteiger partial charge is 0.340 e. The molecular formula is C5H11NO3P+. The zero-order chi connectivity index (χ0) is 7.98. The summed E-state index contributed by atoms with van der Waals surface area (Å²) in [7, 11) is -1.37. The highest BCUT2D eigenvalue weighted by Gasteiger charge is 2.14. The fourth-order valence-electron chi connectivity index (χ4n) is 0.476. The van der Waals surface area contributed by atoms with Crippen LogP contribution in [0.25, 0.3) is 0 Å². The molecule has 0 fully saturated rings. The van der Waals surface area contributed by atoms with Gasteiger partial charge in [0.1, 0.15) is 0 Å². The largest absolute Gasteiger partial charge is 0.481 e. The SMILES string of the molecule is NCC[P+](=O)CCC(=O)O. The zero-order valence-electron chi connectivity index (χ0n) is 5.62. The zero-order valence-corrected chi connectivity index (χ0v) is 6.51. The topological polar surface area (TPSA) is 80.4 Å². The second-order valence-corrected chi connectivity index (χ2v) is 3.72. The van der Waals surface area contributed by atoms with E-state index in [-0.39, 0.29) is 12.6 Å². The molecule has 0 aliphatic carbocycles. The van der Waals surface area contributed by atoms with Gasteiger partial charge in [-0.2, -0.15) is 0 Å². The molecule has 3 N–H and O–H groups in total. The second-order valence-electron chi connectivity index (χ2n) is 1.86. The normalized spacial score (nSPS) is 11.1. The Bertz CT molecular complexity index is 137. The number of hydrogen-bond acceptors (Lipinski definition) is 3. The molecule has 0 saturated heterocycles. The maximum Gasteiger partial charge on any atom is 0.340 e. The van der Waals surface area contributed by atoms with Crippen molar-refractivity contribution >= 4 is 13.8 Å². The van der Waals surface area contributed by atoms with Crippen LogP contribution in [0.3, 0.4) is 0 Å². The van der Waals surface area contributed by atoms with Gasteiger partial charge >= 0.3 is 13.8 Å². The van der Waals surface area contributed by atoms with E-state index in [9.17, 15) is 9.36 Å². The second kappa shape index (κ2) is 5.33. The number of carboxylic acids is 1. The molecule has 0 amide bonds. The van der Waals surface area contributed by atoms with Crippen molar-refractivity contribution in [2.45, 2.75) is 6.42 Å². The lowest BCUT2D eigenvalue weighted by Crippen LogP contribution is -2.03. The molecule has 0 aromatic carbocycles. The maximum absolute atomic E-state index is 10.8. The Kier molecular flexibility index (Phi) is 5.08. The van der Waals surface area contributed by atoms with Crippen LogP contribution in [0.5, 0.6) is 0 Å². The van der Waals surface area contributed by atoms with Crippen LogP contribution in [0, 0.1) is 0 Å². The average Bonchev–Trinajstić information content (AvgIpc) is 1.85. The minimum Gasteiger partial charge on any atom is -0.481 e. The van der Waals surface area contributed by atoms with Gasteiger partial charge in [-0.05, 0) is 0 Å². The summed E-state index contributed by atoms with van der Waals surface area (Å²) in [6.07, 6.45) is 0.666. The molecule has 1 atom stereocenters. The van der Waals surface area contributed by atoms with E-state index in [4.69, 9.17) is 10.8 Å². The van der Waals surface area contributed by atoms with E-state index < -0.39 is 13.8 Å². The average molecular weight is 164 g/mol. The standard InChI is InChI=1S/C5H10NO3P/c6-2-4-10(9)3-1-5(7)8/h1-4,6H2/p+1. The number of nitrogens with two attached hydrogens (primary N) is 1. The van der Waals surface area contributed by atoms with Crippen LogP contribution in [0.1, 0.15) is 6.42 Å². The summed E-state index contributed by atoms with van der Waals surface area (Å²) >= 11 is 0. The quantitative estimate of drug-likeness (QED) is 0.570. The molecule has 0 saturated carbocycles. The first-order chi connectivity index (χ1) is 4.66. The highest BCUT2D eigenvalue weighted by Crippen LogP contribution is 2.19. The number of rotatable bonds is 5. The Hall–Kier alpha value is -0.470. The van der Waals surface area contributed by atoms with Gasteiger partial charge in [0.25, 0.3) is 0 Å². The van der Waals surface area contributed by atoms with Gasteiger partial charge in [0, 0.05) is 6.54 Å². The maximum atomic E-state index is 10.8. The van der Waals surface area contributed by atoms with Gasteiger partial charge in [0.05, 0.1) is 6.42 Å². The van der Waals surface area contributed by atoms with E-state index in [1.165, 1.54) is 0 Å². The first-order valence-corrected chi connectivity index (χ1v) is 4.63. The van der Waals surface area contributed by atoms with Crippen molar-refractivity contribution in [3.63, 3.8) is 0 Å². The third-order valence-electron chi connectivity index (χ3n) is 0.954. The van der Waals surface area contributed by atoms with Crippen LogP contribution in [-0.4, -0.2) is 29.9 Å². The predicted molar refractivity (Wildman–Crippen MR) is 38.6 cm³/mol. The van der Waals surface area contributed by atoms with Crippen LogP contribution in [0.15, 0.2) is 0 Å². The molecule has 0 spiro atoms. The van der Waals surface area contributed by atoms with Crippen LogP contribution in [0.2, 0.25) is 0 Å². The molecule has 0 aromatic heterocycles. The fourth-order valence-corrected chi connectivity index (χ4v) is 1.43. The van der Waals surface area contributed by atoms with Gasteiger partial charge in [-0.3, -0.25) is 4.79 Å². The molecule has 1 unspecified atom stereocenters. The van der Waals surface area contributed by atoms with E-state index in [0.29, 0.717) is 12.7 Å². The van der Waals surface area contributed by atoms with Crippen molar-refractivity contribution in [2.24, 2.45) is 5.73 Å². The van der Waals surface area contributed by atoms with Crippen molar-refractivity contribution in [3.8, 4) is 0 Å². The molecule has 58 valence electrons. The molecular weight excluding hydrogens is 153 g/mol. The Morgan fingerprint density at radius 3 is 2.50 bits per heavy atom. The lowest BCUT2D eigenvalue weighted by atomic mass is 10.5. The van der Waals surface area contributed by atoms with Crippen LogP contribution in [0.4, 0.5) is 0 Å². The van der Waals surface area contributed by atoms with E-state index >= 15 is 0 Å². The summed E-state index contributed by atoms with van der Waals surface area (Å²) in [5.41, 5.74) is 5.10. The third kappa shape index (κ3) is 5.66. The molecule has 0 aromatic rings. The summed E-state index contributed by atoms with van der Waals surface area (Å²) in [6.45, 7) is 0.370. The molecule has 0 heterocycles. The molecule has 0 rings (SSSR count). The van der Waals surface area contributed by atoms with Gasteiger partial charge in [-0.25, -0.2) is 0 Å². The van der Waals surface area contributed by atoms with Crippen LogP contribution < -0.4 is 5.73 Å². The Labute approximate surface area is 60.2 Å². The lowest BCUT2D eigenvalue weighted by molar-refractivity contribution is -0.136. The predicted octanol–water partition coefficient (Wildman–Crippen LogP) is 0.247. The lowest BCUT2D eigenvalue weighted by Gasteiger charge is -1.83. The Morgan fingerprint density at radius 1 is 1.50 bits per heavy atom. The highest BCUT2D eigenvalue weighted by atomic mass is 31.1. The Balaban J connectivity index is 3.30. The Morgan fingerprint density at radius 2 is 2.10 bits per heavy atom. The van der Waals surface area contributed by atoms with Crippen molar-refractivity contribution in [2.75, 3.05) is 18.9 Å². The van der Waals surface area contributed by atoms with Gasteiger partial charge in [0.2, 0.25) is 0 Å². The molecule has 0 radical (unpaired) electrons. The number of carbonyl (C=O) groups is 1. The van der Waals surface area contributed by atoms with Gasteiger partial charge in [-0.1, -0.05) is 4.57 Å². The highest BCUT2D eigenvalue weighted by molar-refractivity contribution is 7.44. The van der Waals surface area contributed by atoms with Gasteiger partial charge in [0.15, 0.2) is 12.3 Å². The number of carboxylic acid groups (broad SMARTS) is 1. The van der Waals surface area contributed by atoms with E-state index in [1.807, 2.05) is 0 Å². The molecule has 4 nitrogen and oxygen atoms in total. The first-order valence-electron chi connectivity index (χ1n) is 3.00. The summed E-state index contributed by atoms with van der Waals surface area (Å²) in [4.78, 5) is 9.95. The van der Waals surface area contributed by atoms with Gasteiger partial charge < -0.3 is 10.8 Å². The van der Waals surface area contributed by atoms with Gasteiger partial charge in [-0.15, -0.1) is 0 Å². The molecule has 5 heteroatoms. The van der Waals surface area contributed by atoms with Crippen molar-refractivity contribution in [3.05, 3.63) is 0 Å². The van der Waals surface area contributed by atoms with E-state index in [2.05, 4.69) is 0 Å². The van der Waals surface area contributed by atoms with Crippen LogP contribution in [-0.2, 0) is 9.36 Å². The summed E-state index contributed by atoms with van der Waals surface area (Å²) < 4.78 is 10.8. The molecule has 0 aliphatic heterocycles. The summed E-state index contributed by atoms with van der Waals surface area (Å²) in [5.74, 6) is -0.902. The minimum absolute atomic E-state index is 0.0186.